The average molecular weight is 397 g/mol. The van der Waals surface area contributed by atoms with Crippen LogP contribution in [0.15, 0.2) is 53.7 Å². The quantitative estimate of drug-likeness (QED) is 0.663. The Morgan fingerprint density at radius 3 is 2.54 bits per heavy atom. The van der Waals surface area contributed by atoms with Crippen LogP contribution >= 0.6 is 0 Å². The van der Waals surface area contributed by atoms with Crippen molar-refractivity contribution in [2.45, 2.75) is 23.2 Å². The van der Waals surface area contributed by atoms with Gasteiger partial charge in [0.1, 0.15) is 0 Å². The average Bonchev–Trinajstić information content (AvgIpc) is 3.25. The van der Waals surface area contributed by atoms with Crippen molar-refractivity contribution in [3.05, 3.63) is 54.4 Å². The van der Waals surface area contributed by atoms with Crippen LogP contribution in [0.4, 0.5) is 5.69 Å². The smallest absolute Gasteiger partial charge is 0.269 e. The van der Waals surface area contributed by atoms with Crippen LogP contribution < -0.4 is 4.90 Å². The number of carbonyl (C=O) groups is 1. The Labute approximate surface area is 162 Å². The van der Waals surface area contributed by atoms with Gasteiger partial charge in [0.15, 0.2) is 5.65 Å². The molecule has 0 aliphatic carbocycles. The van der Waals surface area contributed by atoms with E-state index in [1.807, 2.05) is 0 Å². The van der Waals surface area contributed by atoms with E-state index >= 15 is 0 Å². The summed E-state index contributed by atoms with van der Waals surface area (Å²) in [4.78, 5) is 19.4. The zero-order chi connectivity index (χ0) is 19.5. The first-order valence-corrected chi connectivity index (χ1v) is 10.6. The highest BCUT2D eigenvalue weighted by Gasteiger charge is 2.51. The molecule has 1 fully saturated rings. The topological polar surface area (TPSA) is 81.5 Å². The van der Waals surface area contributed by atoms with E-state index in [0.717, 1.165) is 11.3 Å². The monoisotopic (exact) mass is 397 g/mol. The van der Waals surface area contributed by atoms with Crippen LogP contribution in [-0.2, 0) is 25.0 Å². The highest BCUT2D eigenvalue weighted by Crippen LogP contribution is 2.49. The lowest BCUT2D eigenvalue weighted by atomic mass is 9.74. The lowest BCUT2D eigenvalue weighted by Gasteiger charge is -2.32. The SMILES string of the molecule is CN1C(=O)C2(CCOCC2)c2c1cnc1c2ccn1S(=O)(=O)c1ccccc1. The summed E-state index contributed by atoms with van der Waals surface area (Å²) in [6.07, 6.45) is 4.30. The number of fused-ring (bicyclic) bond motifs is 4. The molecule has 144 valence electrons. The number of nitrogens with zero attached hydrogens (tertiary/aromatic N) is 3. The van der Waals surface area contributed by atoms with Crippen LogP contribution in [0.2, 0.25) is 0 Å². The first kappa shape index (κ1) is 17.4. The van der Waals surface area contributed by atoms with Crippen molar-refractivity contribution < 1.29 is 17.9 Å². The number of amides is 1. The number of hydrogen-bond acceptors (Lipinski definition) is 5. The summed E-state index contributed by atoms with van der Waals surface area (Å²) in [6.45, 7) is 1.01. The van der Waals surface area contributed by atoms with E-state index in [9.17, 15) is 13.2 Å². The Morgan fingerprint density at radius 1 is 1.11 bits per heavy atom. The number of benzene rings is 1. The van der Waals surface area contributed by atoms with Crippen molar-refractivity contribution in [1.29, 1.82) is 0 Å². The first-order valence-electron chi connectivity index (χ1n) is 9.14. The van der Waals surface area contributed by atoms with Gasteiger partial charge >= 0.3 is 0 Å². The molecular weight excluding hydrogens is 378 g/mol. The lowest BCUT2D eigenvalue weighted by Crippen LogP contribution is -2.43. The second-order valence-corrected chi connectivity index (χ2v) is 9.06. The molecule has 5 rings (SSSR count). The van der Waals surface area contributed by atoms with Gasteiger partial charge in [-0.3, -0.25) is 4.79 Å². The van der Waals surface area contributed by atoms with Crippen LogP contribution in [0.3, 0.4) is 0 Å². The number of carbonyl (C=O) groups excluding carboxylic acids is 1. The highest BCUT2D eigenvalue weighted by atomic mass is 32.2. The van der Waals surface area contributed by atoms with E-state index in [1.165, 1.54) is 10.2 Å². The number of likely N-dealkylation sites (N-methyl/N-ethyl adjacent to an activating group) is 1. The van der Waals surface area contributed by atoms with Gasteiger partial charge in [-0.2, -0.15) is 0 Å². The van der Waals surface area contributed by atoms with Crippen molar-refractivity contribution in [1.82, 2.24) is 8.96 Å². The Balaban J connectivity index is 1.76. The van der Waals surface area contributed by atoms with Gasteiger partial charge in [-0.15, -0.1) is 0 Å². The normalized spacial score (nSPS) is 18.8. The van der Waals surface area contributed by atoms with E-state index in [0.29, 0.717) is 37.1 Å². The van der Waals surface area contributed by atoms with Gasteiger partial charge in [-0.1, -0.05) is 18.2 Å². The van der Waals surface area contributed by atoms with Crippen LogP contribution in [-0.4, -0.2) is 43.5 Å². The molecule has 2 aliphatic rings. The van der Waals surface area contributed by atoms with Crippen molar-refractivity contribution >= 4 is 32.7 Å². The van der Waals surface area contributed by atoms with Crippen molar-refractivity contribution in [3.63, 3.8) is 0 Å². The third-order valence-electron chi connectivity index (χ3n) is 5.86. The molecule has 0 N–H and O–H groups in total. The summed E-state index contributed by atoms with van der Waals surface area (Å²) in [5.74, 6) is 0.0266. The molecule has 4 heterocycles. The third kappa shape index (κ3) is 2.15. The predicted octanol–water partition coefficient (Wildman–Crippen LogP) is 2.30. The summed E-state index contributed by atoms with van der Waals surface area (Å²) < 4.78 is 33.0. The fourth-order valence-electron chi connectivity index (χ4n) is 4.43. The minimum Gasteiger partial charge on any atom is -0.381 e. The molecule has 0 bridgehead atoms. The fraction of sp³-hybridized carbons (Fsp3) is 0.300. The first-order chi connectivity index (χ1) is 13.5. The maximum absolute atomic E-state index is 13.1. The maximum Gasteiger partial charge on any atom is 0.269 e. The molecule has 0 radical (unpaired) electrons. The Hall–Kier alpha value is -2.71. The molecule has 1 amide bonds. The molecule has 0 atom stereocenters. The van der Waals surface area contributed by atoms with Crippen LogP contribution in [0.25, 0.3) is 11.0 Å². The van der Waals surface area contributed by atoms with Gasteiger partial charge in [0.25, 0.3) is 10.0 Å². The molecule has 3 aromatic rings. The van der Waals surface area contributed by atoms with Gasteiger partial charge in [0.2, 0.25) is 5.91 Å². The largest absolute Gasteiger partial charge is 0.381 e. The van der Waals surface area contributed by atoms with E-state index in [4.69, 9.17) is 4.74 Å². The lowest BCUT2D eigenvalue weighted by molar-refractivity contribution is -0.126. The summed E-state index contributed by atoms with van der Waals surface area (Å²) in [5, 5.41) is 0.705. The molecule has 28 heavy (non-hydrogen) atoms. The van der Waals surface area contributed by atoms with Gasteiger partial charge < -0.3 is 9.64 Å². The van der Waals surface area contributed by atoms with Crippen molar-refractivity contribution in [3.8, 4) is 0 Å². The Kier molecular flexibility index (Phi) is 3.66. The van der Waals surface area contributed by atoms with Gasteiger partial charge in [-0.25, -0.2) is 17.4 Å². The van der Waals surface area contributed by atoms with Crippen LogP contribution in [0.1, 0.15) is 18.4 Å². The van der Waals surface area contributed by atoms with E-state index in [2.05, 4.69) is 4.98 Å². The molecule has 1 saturated heterocycles. The van der Waals surface area contributed by atoms with Crippen molar-refractivity contribution in [2.75, 3.05) is 25.2 Å². The highest BCUT2D eigenvalue weighted by molar-refractivity contribution is 7.90. The summed E-state index contributed by atoms with van der Waals surface area (Å²) in [5.41, 5.74) is 1.29. The van der Waals surface area contributed by atoms with Gasteiger partial charge in [0, 0.05) is 37.4 Å². The Morgan fingerprint density at radius 2 is 1.82 bits per heavy atom. The number of ether oxygens (including phenoxy) is 1. The molecule has 2 aromatic heterocycles. The van der Waals surface area contributed by atoms with E-state index < -0.39 is 15.4 Å². The second kappa shape index (κ2) is 5.89. The summed E-state index contributed by atoms with van der Waals surface area (Å²) >= 11 is 0. The van der Waals surface area contributed by atoms with Gasteiger partial charge in [0.05, 0.1) is 22.2 Å². The van der Waals surface area contributed by atoms with E-state index in [1.54, 1.807) is 54.5 Å². The third-order valence-corrected chi connectivity index (χ3v) is 7.54. The maximum atomic E-state index is 13.1. The standard InChI is InChI=1S/C20H19N3O4S/c1-22-16-13-21-18-15(17(16)20(19(22)24)8-11-27-12-9-20)7-10-23(18)28(25,26)14-5-3-2-4-6-14/h2-7,10,13H,8-9,11-12H2,1H3. The zero-order valence-electron chi connectivity index (χ0n) is 15.3. The molecule has 0 unspecified atom stereocenters. The molecule has 1 aromatic carbocycles. The van der Waals surface area contributed by atoms with Crippen LogP contribution in [0.5, 0.6) is 0 Å². The summed E-state index contributed by atoms with van der Waals surface area (Å²) in [6, 6.07) is 10.0. The molecule has 2 aliphatic heterocycles. The predicted molar refractivity (Wildman–Crippen MR) is 104 cm³/mol. The van der Waals surface area contributed by atoms with Crippen molar-refractivity contribution in [2.24, 2.45) is 0 Å². The molecule has 8 heteroatoms. The minimum atomic E-state index is -3.78. The minimum absolute atomic E-state index is 0.0266. The number of hydrogen-bond donors (Lipinski definition) is 0. The Bertz CT molecular complexity index is 1190. The van der Waals surface area contributed by atoms with Gasteiger partial charge in [-0.05, 0) is 31.0 Å². The number of pyridine rings is 1. The molecule has 0 saturated carbocycles. The molecule has 1 spiro atoms. The van der Waals surface area contributed by atoms with Crippen LogP contribution in [0, 0.1) is 0 Å². The molecular formula is C20H19N3O4S. The zero-order valence-corrected chi connectivity index (χ0v) is 16.1. The molecule has 7 nitrogen and oxygen atoms in total. The number of aromatic nitrogens is 2. The second-order valence-electron chi connectivity index (χ2n) is 7.24. The number of rotatable bonds is 2. The fourth-order valence-corrected chi connectivity index (χ4v) is 5.75. The van der Waals surface area contributed by atoms with E-state index in [-0.39, 0.29) is 10.8 Å². The summed E-state index contributed by atoms with van der Waals surface area (Å²) in [7, 11) is -2.03. The number of anilines is 1.